The number of ether oxygens (including phenoxy) is 1. The number of hydrogen-bond acceptors (Lipinski definition) is 4. The fourth-order valence-corrected chi connectivity index (χ4v) is 2.63. The number of unbranched alkanes of at least 4 members (excludes halogenated alkanes) is 9. The zero-order chi connectivity index (χ0) is 16.9. The molecule has 1 rings (SSSR count). The van der Waals surface area contributed by atoms with Crippen LogP contribution in [0.25, 0.3) is 0 Å². The summed E-state index contributed by atoms with van der Waals surface area (Å²) in [4.78, 5) is 27.6. The SMILES string of the molecule is CCCCCCCCCCCCOC(=O)N1CCN=C1C(=O)O. The second-order valence-electron chi connectivity index (χ2n) is 5.96. The summed E-state index contributed by atoms with van der Waals surface area (Å²) in [7, 11) is 0. The Morgan fingerprint density at radius 1 is 1.04 bits per heavy atom. The van der Waals surface area contributed by atoms with Crippen LogP contribution < -0.4 is 0 Å². The number of aliphatic carboxylic acids is 1. The first-order valence-corrected chi connectivity index (χ1v) is 8.89. The third-order valence-electron chi connectivity index (χ3n) is 3.98. The van der Waals surface area contributed by atoms with E-state index < -0.39 is 12.1 Å². The van der Waals surface area contributed by atoms with E-state index in [9.17, 15) is 9.59 Å². The van der Waals surface area contributed by atoms with E-state index in [4.69, 9.17) is 9.84 Å². The Kier molecular flexibility index (Phi) is 10.1. The van der Waals surface area contributed by atoms with E-state index in [0.29, 0.717) is 19.7 Å². The molecule has 1 aliphatic heterocycles. The molecule has 23 heavy (non-hydrogen) atoms. The highest BCUT2D eigenvalue weighted by atomic mass is 16.6. The first kappa shape index (κ1) is 19.5. The van der Waals surface area contributed by atoms with Gasteiger partial charge in [-0.15, -0.1) is 0 Å². The van der Waals surface area contributed by atoms with E-state index in [1.807, 2.05) is 0 Å². The van der Waals surface area contributed by atoms with Gasteiger partial charge in [-0.2, -0.15) is 0 Å². The average Bonchev–Trinajstić information content (AvgIpc) is 3.02. The van der Waals surface area contributed by atoms with Crippen LogP contribution >= 0.6 is 0 Å². The lowest BCUT2D eigenvalue weighted by molar-refractivity contribution is -0.130. The number of carbonyl (C=O) groups is 2. The maximum Gasteiger partial charge on any atom is 0.415 e. The van der Waals surface area contributed by atoms with E-state index >= 15 is 0 Å². The number of carbonyl (C=O) groups excluding carboxylic acids is 1. The molecule has 0 spiro atoms. The molecule has 1 heterocycles. The van der Waals surface area contributed by atoms with Crippen molar-refractivity contribution in [2.45, 2.75) is 71.1 Å². The van der Waals surface area contributed by atoms with Crippen molar-refractivity contribution in [3.05, 3.63) is 0 Å². The second-order valence-corrected chi connectivity index (χ2v) is 5.96. The van der Waals surface area contributed by atoms with Gasteiger partial charge in [0.15, 0.2) is 0 Å². The molecular formula is C17H30N2O4. The molecule has 6 heteroatoms. The number of carboxylic acid groups (broad SMARTS) is 1. The van der Waals surface area contributed by atoms with Gasteiger partial charge in [-0.1, -0.05) is 64.7 Å². The predicted molar refractivity (Wildman–Crippen MR) is 89.8 cm³/mol. The number of hydrogen-bond donors (Lipinski definition) is 1. The predicted octanol–water partition coefficient (Wildman–Crippen LogP) is 3.84. The lowest BCUT2D eigenvalue weighted by atomic mass is 10.1. The summed E-state index contributed by atoms with van der Waals surface area (Å²) >= 11 is 0. The van der Waals surface area contributed by atoms with Crippen molar-refractivity contribution < 1.29 is 19.4 Å². The second kappa shape index (κ2) is 11.9. The van der Waals surface area contributed by atoms with Gasteiger partial charge in [0.05, 0.1) is 19.7 Å². The van der Waals surface area contributed by atoms with Gasteiger partial charge in [-0.05, 0) is 6.42 Å². The summed E-state index contributed by atoms with van der Waals surface area (Å²) in [5, 5.41) is 8.91. The summed E-state index contributed by atoms with van der Waals surface area (Å²) in [5.41, 5.74) is 0. The van der Waals surface area contributed by atoms with E-state index in [1.165, 1.54) is 44.9 Å². The minimum Gasteiger partial charge on any atom is -0.475 e. The van der Waals surface area contributed by atoms with Crippen LogP contribution in [0.4, 0.5) is 4.79 Å². The fraction of sp³-hybridized carbons (Fsp3) is 0.824. The minimum atomic E-state index is -1.18. The Labute approximate surface area is 138 Å². The van der Waals surface area contributed by atoms with Crippen LogP contribution in [-0.2, 0) is 9.53 Å². The maximum atomic E-state index is 11.8. The Bertz CT molecular complexity index is 396. The molecular weight excluding hydrogens is 296 g/mol. The summed E-state index contributed by atoms with van der Waals surface area (Å²) in [6.45, 7) is 3.19. The minimum absolute atomic E-state index is 0.210. The van der Waals surface area contributed by atoms with E-state index in [2.05, 4.69) is 11.9 Å². The smallest absolute Gasteiger partial charge is 0.415 e. The number of rotatable bonds is 12. The van der Waals surface area contributed by atoms with E-state index in [1.54, 1.807) is 0 Å². The van der Waals surface area contributed by atoms with Crippen LogP contribution in [-0.4, -0.2) is 47.6 Å². The molecule has 0 aromatic carbocycles. The highest BCUT2D eigenvalue weighted by Crippen LogP contribution is 2.11. The van der Waals surface area contributed by atoms with Gasteiger partial charge >= 0.3 is 12.1 Å². The molecule has 0 bridgehead atoms. The topological polar surface area (TPSA) is 79.2 Å². The number of amides is 1. The molecule has 0 aromatic heterocycles. The number of aliphatic imine (C=N–C) groups is 1. The Morgan fingerprint density at radius 2 is 1.61 bits per heavy atom. The van der Waals surface area contributed by atoms with Gasteiger partial charge in [-0.25, -0.2) is 9.59 Å². The number of nitrogens with zero attached hydrogens (tertiary/aromatic N) is 2. The van der Waals surface area contributed by atoms with Gasteiger partial charge in [0.2, 0.25) is 5.84 Å². The van der Waals surface area contributed by atoms with Crippen molar-refractivity contribution in [1.29, 1.82) is 0 Å². The van der Waals surface area contributed by atoms with Gasteiger partial charge in [-0.3, -0.25) is 9.89 Å². The third kappa shape index (κ3) is 8.00. The first-order valence-electron chi connectivity index (χ1n) is 8.89. The maximum absolute atomic E-state index is 11.8. The van der Waals surface area contributed by atoms with Crippen LogP contribution in [0, 0.1) is 0 Å². The lowest BCUT2D eigenvalue weighted by Gasteiger charge is -2.15. The van der Waals surface area contributed by atoms with Gasteiger partial charge in [0.1, 0.15) is 0 Å². The molecule has 0 unspecified atom stereocenters. The van der Waals surface area contributed by atoms with Crippen molar-refractivity contribution in [2.24, 2.45) is 4.99 Å². The summed E-state index contributed by atoms with van der Waals surface area (Å²) in [6.07, 6.45) is 11.6. The summed E-state index contributed by atoms with van der Waals surface area (Å²) in [5.74, 6) is -1.39. The van der Waals surface area contributed by atoms with Crippen LogP contribution in [0.3, 0.4) is 0 Å². The summed E-state index contributed by atoms with van der Waals surface area (Å²) < 4.78 is 5.12. The highest BCUT2D eigenvalue weighted by molar-refractivity contribution is 6.37. The average molecular weight is 326 g/mol. The summed E-state index contributed by atoms with van der Waals surface area (Å²) in [6, 6.07) is 0. The van der Waals surface area contributed by atoms with Crippen LogP contribution in [0.15, 0.2) is 4.99 Å². The number of carboxylic acids is 1. The highest BCUT2D eigenvalue weighted by Gasteiger charge is 2.29. The Morgan fingerprint density at radius 3 is 2.17 bits per heavy atom. The van der Waals surface area contributed by atoms with Gasteiger partial charge in [0.25, 0.3) is 0 Å². The van der Waals surface area contributed by atoms with Crippen molar-refractivity contribution in [1.82, 2.24) is 4.90 Å². The largest absolute Gasteiger partial charge is 0.475 e. The zero-order valence-corrected chi connectivity index (χ0v) is 14.3. The monoisotopic (exact) mass is 326 g/mol. The molecule has 1 N–H and O–H groups in total. The normalized spacial score (nSPS) is 14.0. The molecule has 0 saturated carbocycles. The molecule has 0 radical (unpaired) electrons. The first-order chi connectivity index (χ1) is 11.2. The van der Waals surface area contributed by atoms with Gasteiger partial charge in [0, 0.05) is 0 Å². The van der Waals surface area contributed by atoms with Crippen molar-refractivity contribution in [2.75, 3.05) is 19.7 Å². The van der Waals surface area contributed by atoms with E-state index in [0.717, 1.165) is 24.2 Å². The fourth-order valence-electron chi connectivity index (χ4n) is 2.63. The van der Waals surface area contributed by atoms with E-state index in [-0.39, 0.29) is 5.84 Å². The van der Waals surface area contributed by atoms with Crippen molar-refractivity contribution in [3.8, 4) is 0 Å². The van der Waals surface area contributed by atoms with Crippen molar-refractivity contribution in [3.63, 3.8) is 0 Å². The molecule has 0 atom stereocenters. The van der Waals surface area contributed by atoms with Gasteiger partial charge < -0.3 is 9.84 Å². The van der Waals surface area contributed by atoms with Crippen molar-refractivity contribution >= 4 is 17.9 Å². The third-order valence-corrected chi connectivity index (χ3v) is 3.98. The molecule has 0 saturated heterocycles. The van der Waals surface area contributed by atoms with Crippen LogP contribution in [0.1, 0.15) is 71.1 Å². The van der Waals surface area contributed by atoms with Crippen LogP contribution in [0.5, 0.6) is 0 Å². The zero-order valence-electron chi connectivity index (χ0n) is 14.3. The number of amidine groups is 1. The molecule has 0 fully saturated rings. The molecule has 1 aliphatic rings. The molecule has 1 amide bonds. The Hall–Kier alpha value is -1.59. The Balaban J connectivity index is 1.96. The molecule has 132 valence electrons. The molecule has 0 aliphatic carbocycles. The van der Waals surface area contributed by atoms with Crippen LogP contribution in [0.2, 0.25) is 0 Å². The lowest BCUT2D eigenvalue weighted by Crippen LogP contribution is -2.39. The quantitative estimate of drug-likeness (QED) is 0.553. The standard InChI is InChI=1S/C17H30N2O4/c1-2-3-4-5-6-7-8-9-10-11-14-23-17(22)19-13-12-18-15(19)16(20)21/h2-14H2,1H3,(H,20,21). The molecule has 0 aromatic rings. The molecule has 6 nitrogen and oxygen atoms in total.